The summed E-state index contributed by atoms with van der Waals surface area (Å²) in [7, 11) is 0. The Morgan fingerprint density at radius 3 is 3.00 bits per heavy atom. The molecule has 1 unspecified atom stereocenters. The van der Waals surface area contributed by atoms with Crippen LogP contribution in [0.2, 0.25) is 0 Å². The number of aromatic nitrogens is 1. The van der Waals surface area contributed by atoms with Crippen molar-refractivity contribution in [3.63, 3.8) is 0 Å². The highest BCUT2D eigenvalue weighted by atomic mass is 32.1. The van der Waals surface area contributed by atoms with Crippen LogP contribution in [0.3, 0.4) is 0 Å². The van der Waals surface area contributed by atoms with E-state index in [9.17, 15) is 0 Å². The molecular weight excluding hydrogens is 158 g/mol. The van der Waals surface area contributed by atoms with Crippen LogP contribution in [0, 0.1) is 0 Å². The Bertz CT molecular complexity index is 221. The van der Waals surface area contributed by atoms with Crippen LogP contribution in [0.15, 0.2) is 6.20 Å². The van der Waals surface area contributed by atoms with Gasteiger partial charge in [0.15, 0.2) is 5.13 Å². The summed E-state index contributed by atoms with van der Waals surface area (Å²) in [5.41, 5.74) is 5.49. The SMILES string of the molecule is CCNC(C)c1cnc(N)s1. The Morgan fingerprint density at radius 2 is 2.55 bits per heavy atom. The zero-order valence-electron chi connectivity index (χ0n) is 6.79. The molecule has 1 atom stereocenters. The number of rotatable bonds is 3. The topological polar surface area (TPSA) is 50.9 Å². The third-order valence-corrected chi connectivity index (χ3v) is 2.49. The van der Waals surface area contributed by atoms with Gasteiger partial charge in [-0.1, -0.05) is 6.92 Å². The molecular formula is C7H13N3S. The molecule has 0 radical (unpaired) electrons. The van der Waals surface area contributed by atoms with Crippen molar-refractivity contribution in [3.8, 4) is 0 Å². The summed E-state index contributed by atoms with van der Waals surface area (Å²) in [5.74, 6) is 0. The second-order valence-electron chi connectivity index (χ2n) is 2.38. The van der Waals surface area contributed by atoms with Gasteiger partial charge in [-0.3, -0.25) is 0 Å². The van der Waals surface area contributed by atoms with Gasteiger partial charge in [-0.05, 0) is 13.5 Å². The minimum atomic E-state index is 0.370. The molecule has 0 aliphatic carbocycles. The number of hydrogen-bond acceptors (Lipinski definition) is 4. The summed E-state index contributed by atoms with van der Waals surface area (Å²) in [6.07, 6.45) is 1.83. The summed E-state index contributed by atoms with van der Waals surface area (Å²) in [4.78, 5) is 5.17. The number of nitrogens with zero attached hydrogens (tertiary/aromatic N) is 1. The van der Waals surface area contributed by atoms with Crippen molar-refractivity contribution >= 4 is 16.5 Å². The van der Waals surface area contributed by atoms with Gasteiger partial charge in [0, 0.05) is 17.1 Å². The third kappa shape index (κ3) is 2.17. The fourth-order valence-electron chi connectivity index (χ4n) is 0.908. The van der Waals surface area contributed by atoms with Crippen LogP contribution in [0.5, 0.6) is 0 Å². The average molecular weight is 171 g/mol. The molecule has 0 fully saturated rings. The standard InChI is InChI=1S/C7H13N3S/c1-3-9-5(2)6-4-10-7(8)11-6/h4-5,9H,3H2,1-2H3,(H2,8,10). The maximum absolute atomic E-state index is 5.49. The fraction of sp³-hybridized carbons (Fsp3) is 0.571. The van der Waals surface area contributed by atoms with Gasteiger partial charge in [0.1, 0.15) is 0 Å². The van der Waals surface area contributed by atoms with Crippen molar-refractivity contribution in [2.45, 2.75) is 19.9 Å². The highest BCUT2D eigenvalue weighted by Crippen LogP contribution is 2.21. The molecule has 0 spiro atoms. The van der Waals surface area contributed by atoms with E-state index in [1.165, 1.54) is 16.2 Å². The molecule has 0 amide bonds. The summed E-state index contributed by atoms with van der Waals surface area (Å²) < 4.78 is 0. The zero-order valence-corrected chi connectivity index (χ0v) is 7.61. The van der Waals surface area contributed by atoms with E-state index in [4.69, 9.17) is 5.73 Å². The molecule has 1 aromatic heterocycles. The quantitative estimate of drug-likeness (QED) is 0.722. The van der Waals surface area contributed by atoms with Crippen LogP contribution in [0.4, 0.5) is 5.13 Å². The lowest BCUT2D eigenvalue weighted by atomic mass is 10.3. The van der Waals surface area contributed by atoms with Gasteiger partial charge in [0.05, 0.1) is 0 Å². The van der Waals surface area contributed by atoms with Crippen molar-refractivity contribution < 1.29 is 0 Å². The predicted octanol–water partition coefficient (Wildman–Crippen LogP) is 1.40. The number of nitrogen functional groups attached to an aromatic ring is 1. The first-order chi connectivity index (χ1) is 5.24. The van der Waals surface area contributed by atoms with Crippen LogP contribution < -0.4 is 11.1 Å². The number of hydrogen-bond donors (Lipinski definition) is 2. The average Bonchev–Trinajstić information content (AvgIpc) is 2.36. The first-order valence-electron chi connectivity index (χ1n) is 3.68. The van der Waals surface area contributed by atoms with Crippen LogP contribution in [-0.4, -0.2) is 11.5 Å². The Balaban J connectivity index is 2.60. The Hall–Kier alpha value is -0.610. The smallest absolute Gasteiger partial charge is 0.180 e. The summed E-state index contributed by atoms with van der Waals surface area (Å²) in [6, 6.07) is 0.370. The molecule has 1 aromatic rings. The van der Waals surface area contributed by atoms with Crippen molar-refractivity contribution in [2.24, 2.45) is 0 Å². The number of nitrogens with one attached hydrogen (secondary N) is 1. The third-order valence-electron chi connectivity index (χ3n) is 1.48. The molecule has 1 heterocycles. The molecule has 0 aliphatic heterocycles. The molecule has 4 heteroatoms. The molecule has 11 heavy (non-hydrogen) atoms. The van der Waals surface area contributed by atoms with Crippen molar-refractivity contribution in [3.05, 3.63) is 11.1 Å². The second-order valence-corrected chi connectivity index (χ2v) is 3.47. The van der Waals surface area contributed by atoms with Gasteiger partial charge >= 0.3 is 0 Å². The van der Waals surface area contributed by atoms with Gasteiger partial charge < -0.3 is 11.1 Å². The van der Waals surface area contributed by atoms with Gasteiger partial charge in [-0.2, -0.15) is 0 Å². The van der Waals surface area contributed by atoms with Gasteiger partial charge in [0.25, 0.3) is 0 Å². The molecule has 0 aliphatic rings. The van der Waals surface area contributed by atoms with Gasteiger partial charge in [0.2, 0.25) is 0 Å². The van der Waals surface area contributed by atoms with Crippen LogP contribution in [0.25, 0.3) is 0 Å². The van der Waals surface area contributed by atoms with Crippen molar-refractivity contribution in [1.29, 1.82) is 0 Å². The summed E-state index contributed by atoms with van der Waals surface area (Å²) in [5, 5.41) is 3.93. The molecule has 1 rings (SSSR count). The molecule has 3 nitrogen and oxygen atoms in total. The van der Waals surface area contributed by atoms with Crippen LogP contribution in [0.1, 0.15) is 24.8 Å². The molecule has 0 saturated heterocycles. The van der Waals surface area contributed by atoms with E-state index in [1.54, 1.807) is 0 Å². The largest absolute Gasteiger partial charge is 0.375 e. The van der Waals surface area contributed by atoms with E-state index in [0.717, 1.165) is 6.54 Å². The second kappa shape index (κ2) is 3.69. The molecule has 3 N–H and O–H groups in total. The van der Waals surface area contributed by atoms with Crippen LogP contribution >= 0.6 is 11.3 Å². The van der Waals surface area contributed by atoms with E-state index >= 15 is 0 Å². The van der Waals surface area contributed by atoms with E-state index < -0.39 is 0 Å². The highest BCUT2D eigenvalue weighted by molar-refractivity contribution is 7.15. The first-order valence-corrected chi connectivity index (χ1v) is 4.50. The first kappa shape index (κ1) is 8.49. The number of nitrogens with two attached hydrogens (primary N) is 1. The Kier molecular flexibility index (Phi) is 2.84. The van der Waals surface area contributed by atoms with E-state index in [1.807, 2.05) is 6.20 Å². The molecule has 0 bridgehead atoms. The van der Waals surface area contributed by atoms with Crippen LogP contribution in [-0.2, 0) is 0 Å². The lowest BCUT2D eigenvalue weighted by Gasteiger charge is -2.07. The van der Waals surface area contributed by atoms with E-state index in [0.29, 0.717) is 11.2 Å². The van der Waals surface area contributed by atoms with Gasteiger partial charge in [-0.25, -0.2) is 4.98 Å². The Morgan fingerprint density at radius 1 is 1.82 bits per heavy atom. The number of anilines is 1. The zero-order chi connectivity index (χ0) is 8.27. The lowest BCUT2D eigenvalue weighted by molar-refractivity contribution is 0.606. The monoisotopic (exact) mass is 171 g/mol. The van der Waals surface area contributed by atoms with Crippen molar-refractivity contribution in [2.75, 3.05) is 12.3 Å². The predicted molar refractivity (Wildman–Crippen MR) is 48.6 cm³/mol. The maximum Gasteiger partial charge on any atom is 0.180 e. The van der Waals surface area contributed by atoms with Crippen molar-refractivity contribution in [1.82, 2.24) is 10.3 Å². The molecule has 62 valence electrons. The maximum atomic E-state index is 5.49. The minimum absolute atomic E-state index is 0.370. The van der Waals surface area contributed by atoms with Gasteiger partial charge in [-0.15, -0.1) is 11.3 Å². The molecule has 0 aromatic carbocycles. The van der Waals surface area contributed by atoms with E-state index in [-0.39, 0.29) is 0 Å². The highest BCUT2D eigenvalue weighted by Gasteiger charge is 2.05. The number of thiazole rings is 1. The van der Waals surface area contributed by atoms with E-state index in [2.05, 4.69) is 24.1 Å². The molecule has 0 saturated carbocycles. The fourth-order valence-corrected chi connectivity index (χ4v) is 1.62. The lowest BCUT2D eigenvalue weighted by Crippen LogP contribution is -2.16. The normalized spacial score (nSPS) is 13.3. The summed E-state index contributed by atoms with van der Waals surface area (Å²) >= 11 is 1.54. The minimum Gasteiger partial charge on any atom is -0.375 e. The Labute approximate surface area is 70.6 Å². The summed E-state index contributed by atoms with van der Waals surface area (Å²) in [6.45, 7) is 5.16.